The lowest BCUT2D eigenvalue weighted by atomic mass is 9.87. The molecule has 0 spiro atoms. The Hall–Kier alpha value is -0.0800. The lowest BCUT2D eigenvalue weighted by Gasteiger charge is -2.48. The highest BCUT2D eigenvalue weighted by Crippen LogP contribution is 2.50. The molecular formula is C15H30N2. The highest BCUT2D eigenvalue weighted by Gasteiger charge is 2.53. The Morgan fingerprint density at radius 2 is 1.76 bits per heavy atom. The van der Waals surface area contributed by atoms with Crippen LogP contribution in [-0.2, 0) is 0 Å². The number of piperazine rings is 1. The quantitative estimate of drug-likeness (QED) is 0.810. The summed E-state index contributed by atoms with van der Waals surface area (Å²) < 4.78 is 0. The van der Waals surface area contributed by atoms with E-state index in [1.54, 1.807) is 0 Å². The van der Waals surface area contributed by atoms with Gasteiger partial charge in [-0.2, -0.15) is 0 Å². The molecule has 1 N–H and O–H groups in total. The van der Waals surface area contributed by atoms with Crippen molar-refractivity contribution >= 4 is 0 Å². The molecule has 1 heterocycles. The van der Waals surface area contributed by atoms with E-state index in [-0.39, 0.29) is 0 Å². The average Bonchev–Trinajstić information content (AvgIpc) is 2.97. The molecule has 1 aliphatic heterocycles. The fraction of sp³-hybridized carbons (Fsp3) is 1.00. The van der Waals surface area contributed by atoms with Crippen molar-refractivity contribution in [3.63, 3.8) is 0 Å². The van der Waals surface area contributed by atoms with Crippen LogP contribution in [0.4, 0.5) is 0 Å². The smallest absolute Gasteiger partial charge is 0.0304 e. The van der Waals surface area contributed by atoms with Crippen LogP contribution in [0.1, 0.15) is 60.3 Å². The fourth-order valence-electron chi connectivity index (χ4n) is 3.46. The van der Waals surface area contributed by atoms with Gasteiger partial charge in [-0.15, -0.1) is 0 Å². The molecule has 2 nitrogen and oxygen atoms in total. The van der Waals surface area contributed by atoms with Gasteiger partial charge in [0.05, 0.1) is 0 Å². The van der Waals surface area contributed by atoms with Crippen LogP contribution in [0.5, 0.6) is 0 Å². The Bertz CT molecular complexity index is 266. The third kappa shape index (κ3) is 2.39. The molecule has 0 amide bonds. The molecular weight excluding hydrogens is 208 g/mol. The minimum absolute atomic E-state index is 0.379. The monoisotopic (exact) mass is 238 g/mol. The fourth-order valence-corrected chi connectivity index (χ4v) is 3.46. The highest BCUT2D eigenvalue weighted by atomic mass is 15.3. The van der Waals surface area contributed by atoms with E-state index in [2.05, 4.69) is 44.8 Å². The van der Waals surface area contributed by atoms with Gasteiger partial charge >= 0.3 is 0 Å². The predicted octanol–water partition coefficient (Wildman–Crippen LogP) is 3.03. The highest BCUT2D eigenvalue weighted by molar-refractivity contribution is 5.08. The Morgan fingerprint density at radius 1 is 1.18 bits per heavy atom. The van der Waals surface area contributed by atoms with E-state index in [0.717, 1.165) is 12.1 Å². The number of hydrogen-bond acceptors (Lipinski definition) is 2. The molecule has 0 bridgehead atoms. The van der Waals surface area contributed by atoms with Gasteiger partial charge in [0.15, 0.2) is 0 Å². The second kappa shape index (κ2) is 4.55. The zero-order valence-corrected chi connectivity index (χ0v) is 12.3. The van der Waals surface area contributed by atoms with Gasteiger partial charge in [-0.1, -0.05) is 34.6 Å². The maximum absolute atomic E-state index is 3.83. The first kappa shape index (κ1) is 13.4. The summed E-state index contributed by atoms with van der Waals surface area (Å²) in [5, 5.41) is 3.83. The maximum Gasteiger partial charge on any atom is 0.0304 e. The third-order valence-corrected chi connectivity index (χ3v) is 5.35. The van der Waals surface area contributed by atoms with Gasteiger partial charge in [0.25, 0.3) is 0 Å². The topological polar surface area (TPSA) is 15.3 Å². The largest absolute Gasteiger partial charge is 0.308 e. The van der Waals surface area contributed by atoms with Gasteiger partial charge in [-0.25, -0.2) is 0 Å². The molecule has 2 heteroatoms. The standard InChI is InChI=1S/C15H30N2/c1-6-12-10-16-15(7-2,8-3)11-17(12)13-9-14(13,4)5/h12-13,16H,6-11H2,1-5H3. The minimum atomic E-state index is 0.379. The van der Waals surface area contributed by atoms with Gasteiger partial charge in [0, 0.05) is 30.7 Å². The maximum atomic E-state index is 3.83. The van der Waals surface area contributed by atoms with Crippen LogP contribution in [0.25, 0.3) is 0 Å². The molecule has 0 aromatic carbocycles. The molecule has 2 atom stereocenters. The minimum Gasteiger partial charge on any atom is -0.308 e. The van der Waals surface area contributed by atoms with Crippen molar-refractivity contribution in [2.45, 2.75) is 77.9 Å². The van der Waals surface area contributed by atoms with Gasteiger partial charge in [0.2, 0.25) is 0 Å². The number of nitrogens with zero attached hydrogens (tertiary/aromatic N) is 1. The van der Waals surface area contributed by atoms with Crippen LogP contribution >= 0.6 is 0 Å². The summed E-state index contributed by atoms with van der Waals surface area (Å²) >= 11 is 0. The molecule has 0 aromatic heterocycles. The van der Waals surface area contributed by atoms with Crippen LogP contribution in [0.15, 0.2) is 0 Å². The van der Waals surface area contributed by atoms with Crippen molar-refractivity contribution in [3.8, 4) is 0 Å². The molecule has 1 saturated heterocycles. The number of rotatable bonds is 4. The Balaban J connectivity index is 2.09. The summed E-state index contributed by atoms with van der Waals surface area (Å²) in [6.07, 6.45) is 5.18. The van der Waals surface area contributed by atoms with E-state index in [4.69, 9.17) is 0 Å². The Morgan fingerprint density at radius 3 is 2.18 bits per heavy atom. The molecule has 0 radical (unpaired) electrons. The van der Waals surface area contributed by atoms with Crippen LogP contribution in [0.3, 0.4) is 0 Å². The molecule has 1 aliphatic carbocycles. The molecule has 2 rings (SSSR count). The van der Waals surface area contributed by atoms with Crippen molar-refractivity contribution in [1.29, 1.82) is 0 Å². The van der Waals surface area contributed by atoms with Crippen LogP contribution in [0.2, 0.25) is 0 Å². The number of nitrogens with one attached hydrogen (secondary N) is 1. The Labute approximate surface area is 107 Å². The second-order valence-electron chi connectivity index (χ2n) is 6.81. The van der Waals surface area contributed by atoms with E-state index >= 15 is 0 Å². The van der Waals surface area contributed by atoms with Crippen molar-refractivity contribution < 1.29 is 0 Å². The molecule has 17 heavy (non-hydrogen) atoms. The van der Waals surface area contributed by atoms with Gasteiger partial charge in [-0.3, -0.25) is 4.90 Å². The SMILES string of the molecule is CCC1CNC(CC)(CC)CN1C1CC1(C)C. The molecule has 0 aromatic rings. The summed E-state index contributed by atoms with van der Waals surface area (Å²) in [5.41, 5.74) is 0.947. The van der Waals surface area contributed by atoms with Crippen LogP contribution in [-0.4, -0.2) is 35.6 Å². The van der Waals surface area contributed by atoms with E-state index in [0.29, 0.717) is 11.0 Å². The summed E-state index contributed by atoms with van der Waals surface area (Å²) in [5.74, 6) is 0. The van der Waals surface area contributed by atoms with Gasteiger partial charge in [0.1, 0.15) is 0 Å². The first-order valence-corrected chi connectivity index (χ1v) is 7.49. The zero-order chi connectivity index (χ0) is 12.7. The van der Waals surface area contributed by atoms with Gasteiger partial charge < -0.3 is 5.32 Å². The van der Waals surface area contributed by atoms with Crippen molar-refractivity contribution in [2.75, 3.05) is 13.1 Å². The van der Waals surface area contributed by atoms with Crippen LogP contribution in [0, 0.1) is 5.41 Å². The number of hydrogen-bond donors (Lipinski definition) is 1. The van der Waals surface area contributed by atoms with E-state index in [1.165, 1.54) is 38.8 Å². The molecule has 2 fully saturated rings. The summed E-state index contributed by atoms with van der Waals surface area (Å²) in [7, 11) is 0. The summed E-state index contributed by atoms with van der Waals surface area (Å²) in [6, 6.07) is 1.60. The van der Waals surface area contributed by atoms with E-state index in [1.807, 2.05) is 0 Å². The molecule has 1 saturated carbocycles. The van der Waals surface area contributed by atoms with Crippen molar-refractivity contribution in [1.82, 2.24) is 10.2 Å². The Kier molecular flexibility index (Phi) is 3.57. The van der Waals surface area contributed by atoms with Crippen LogP contribution < -0.4 is 5.32 Å². The molecule has 2 unspecified atom stereocenters. The van der Waals surface area contributed by atoms with E-state index < -0.39 is 0 Å². The first-order valence-electron chi connectivity index (χ1n) is 7.49. The molecule has 100 valence electrons. The second-order valence-corrected chi connectivity index (χ2v) is 6.81. The molecule has 2 aliphatic rings. The third-order valence-electron chi connectivity index (χ3n) is 5.35. The average molecular weight is 238 g/mol. The van der Waals surface area contributed by atoms with Crippen molar-refractivity contribution in [3.05, 3.63) is 0 Å². The zero-order valence-electron chi connectivity index (χ0n) is 12.3. The predicted molar refractivity (Wildman–Crippen MR) is 74.3 cm³/mol. The normalized spacial score (nSPS) is 35.8. The van der Waals surface area contributed by atoms with E-state index in [9.17, 15) is 0 Å². The lowest BCUT2D eigenvalue weighted by Crippen LogP contribution is -2.64. The summed E-state index contributed by atoms with van der Waals surface area (Å²) in [4.78, 5) is 2.82. The van der Waals surface area contributed by atoms with Gasteiger partial charge in [-0.05, 0) is 31.1 Å². The van der Waals surface area contributed by atoms with Crippen molar-refractivity contribution in [2.24, 2.45) is 5.41 Å². The first-order chi connectivity index (χ1) is 7.98. The summed E-state index contributed by atoms with van der Waals surface area (Å²) in [6.45, 7) is 14.3. The lowest BCUT2D eigenvalue weighted by molar-refractivity contribution is 0.0546.